The number of carbonyl (C=O) groups is 1. The molecule has 0 aliphatic heterocycles. The van der Waals surface area contributed by atoms with Gasteiger partial charge in [-0.25, -0.2) is 19.7 Å². The van der Waals surface area contributed by atoms with Gasteiger partial charge in [0.05, 0.1) is 17.8 Å². The highest BCUT2D eigenvalue weighted by atomic mass is 16.5. The highest BCUT2D eigenvalue weighted by Gasteiger charge is 2.19. The molecule has 0 amide bonds. The van der Waals surface area contributed by atoms with Gasteiger partial charge in [0.2, 0.25) is 0 Å². The second kappa shape index (κ2) is 8.37. The Hall–Kier alpha value is -3.81. The minimum Gasteiger partial charge on any atom is -0.462 e. The minimum absolute atomic E-state index is 0.261. The molecule has 4 aromatic rings. The van der Waals surface area contributed by atoms with Gasteiger partial charge in [0, 0.05) is 17.6 Å². The van der Waals surface area contributed by atoms with E-state index < -0.39 is 5.97 Å². The van der Waals surface area contributed by atoms with Gasteiger partial charge in [-0.15, -0.1) is 0 Å². The number of pyridine rings is 1. The first kappa shape index (κ1) is 21.4. The van der Waals surface area contributed by atoms with Crippen molar-refractivity contribution in [2.45, 2.75) is 41.5 Å². The summed E-state index contributed by atoms with van der Waals surface area (Å²) in [5.41, 5.74) is 5.43. The standard InChI is InChI=1S/C24H26N6O2/c1-7-32-24(31)19-12-25-17(6)26-23(19)28-21-11-16(5)29-30(21)20-10-14(3)18-9-13(2)8-15(4)22(18)27-20/h8-12H,7H2,1-6H3,(H,25,26,28). The topological polar surface area (TPSA) is 94.8 Å². The first-order valence-electron chi connectivity index (χ1n) is 10.5. The van der Waals surface area contributed by atoms with E-state index in [2.05, 4.69) is 53.3 Å². The van der Waals surface area contributed by atoms with Crippen LogP contribution in [-0.4, -0.2) is 37.3 Å². The van der Waals surface area contributed by atoms with Gasteiger partial charge < -0.3 is 10.1 Å². The van der Waals surface area contributed by atoms with Crippen molar-refractivity contribution in [3.63, 3.8) is 0 Å². The minimum atomic E-state index is -0.483. The molecule has 1 N–H and O–H groups in total. The van der Waals surface area contributed by atoms with Crippen molar-refractivity contribution in [1.29, 1.82) is 0 Å². The molecule has 0 aliphatic carbocycles. The molecule has 3 aromatic heterocycles. The van der Waals surface area contributed by atoms with Crippen molar-refractivity contribution in [2.75, 3.05) is 11.9 Å². The van der Waals surface area contributed by atoms with Gasteiger partial charge in [-0.05, 0) is 64.8 Å². The number of ether oxygens (including phenoxy) is 1. The second-order valence-electron chi connectivity index (χ2n) is 7.88. The summed E-state index contributed by atoms with van der Waals surface area (Å²) in [6, 6.07) is 8.17. The third-order valence-electron chi connectivity index (χ3n) is 5.14. The van der Waals surface area contributed by atoms with Crippen LogP contribution >= 0.6 is 0 Å². The van der Waals surface area contributed by atoms with Crippen LogP contribution in [0, 0.1) is 34.6 Å². The van der Waals surface area contributed by atoms with E-state index in [0.717, 1.165) is 27.7 Å². The Morgan fingerprint density at radius 1 is 1.03 bits per heavy atom. The van der Waals surface area contributed by atoms with E-state index in [-0.39, 0.29) is 12.2 Å². The van der Waals surface area contributed by atoms with Crippen molar-refractivity contribution in [1.82, 2.24) is 24.7 Å². The van der Waals surface area contributed by atoms with E-state index in [4.69, 9.17) is 9.72 Å². The molecule has 164 valence electrons. The fourth-order valence-electron chi connectivity index (χ4n) is 3.74. The van der Waals surface area contributed by atoms with Crippen LogP contribution in [-0.2, 0) is 4.74 Å². The first-order chi connectivity index (χ1) is 15.3. The fraction of sp³-hybridized carbons (Fsp3) is 0.292. The van der Waals surface area contributed by atoms with Crippen molar-refractivity contribution in [2.24, 2.45) is 0 Å². The number of carbonyl (C=O) groups excluding carboxylic acids is 1. The Morgan fingerprint density at radius 2 is 1.81 bits per heavy atom. The van der Waals surface area contributed by atoms with Crippen LogP contribution in [0.3, 0.4) is 0 Å². The molecule has 32 heavy (non-hydrogen) atoms. The number of hydrogen-bond acceptors (Lipinski definition) is 7. The Kier molecular flexibility index (Phi) is 5.61. The monoisotopic (exact) mass is 430 g/mol. The van der Waals surface area contributed by atoms with Gasteiger partial charge in [0.25, 0.3) is 0 Å². The lowest BCUT2D eigenvalue weighted by atomic mass is 10.0. The van der Waals surface area contributed by atoms with Crippen LogP contribution in [0.2, 0.25) is 0 Å². The zero-order valence-corrected chi connectivity index (χ0v) is 19.1. The number of aromatic nitrogens is 5. The highest BCUT2D eigenvalue weighted by molar-refractivity contribution is 5.95. The van der Waals surface area contributed by atoms with E-state index in [1.165, 1.54) is 11.8 Å². The van der Waals surface area contributed by atoms with Crippen LogP contribution < -0.4 is 5.32 Å². The predicted molar refractivity (Wildman–Crippen MR) is 124 cm³/mol. The van der Waals surface area contributed by atoms with Crippen molar-refractivity contribution >= 4 is 28.5 Å². The van der Waals surface area contributed by atoms with Crippen LogP contribution in [0.1, 0.15) is 45.5 Å². The van der Waals surface area contributed by atoms with Gasteiger partial charge in [-0.3, -0.25) is 0 Å². The molecule has 0 aliphatic rings. The maximum Gasteiger partial charge on any atom is 0.343 e. The molecule has 0 fully saturated rings. The molecular formula is C24H26N6O2. The molecule has 0 radical (unpaired) electrons. The van der Waals surface area contributed by atoms with E-state index in [0.29, 0.717) is 23.3 Å². The number of fused-ring (bicyclic) bond motifs is 1. The third-order valence-corrected chi connectivity index (χ3v) is 5.14. The molecule has 0 unspecified atom stereocenters. The summed E-state index contributed by atoms with van der Waals surface area (Å²) in [6.45, 7) is 11.9. The summed E-state index contributed by atoms with van der Waals surface area (Å²) < 4.78 is 6.89. The van der Waals surface area contributed by atoms with Crippen molar-refractivity contribution in [3.8, 4) is 5.82 Å². The Labute approximate surface area is 186 Å². The lowest BCUT2D eigenvalue weighted by molar-refractivity contribution is 0.0526. The summed E-state index contributed by atoms with van der Waals surface area (Å²) in [6.07, 6.45) is 1.47. The molecule has 0 atom stereocenters. The quantitative estimate of drug-likeness (QED) is 0.460. The lowest BCUT2D eigenvalue weighted by Crippen LogP contribution is -2.13. The first-order valence-corrected chi connectivity index (χ1v) is 10.5. The van der Waals surface area contributed by atoms with Crippen molar-refractivity contribution < 1.29 is 9.53 Å². The maximum absolute atomic E-state index is 12.4. The Morgan fingerprint density at radius 3 is 2.56 bits per heavy atom. The summed E-state index contributed by atoms with van der Waals surface area (Å²) in [4.78, 5) is 25.9. The molecule has 4 rings (SSSR count). The zero-order valence-electron chi connectivity index (χ0n) is 19.1. The zero-order chi connectivity index (χ0) is 23.0. The molecule has 0 spiro atoms. The normalized spacial score (nSPS) is 11.1. The molecule has 3 heterocycles. The molecular weight excluding hydrogens is 404 g/mol. The van der Waals surface area contributed by atoms with Gasteiger partial charge in [-0.2, -0.15) is 9.78 Å². The van der Waals surface area contributed by atoms with Gasteiger partial charge in [-0.1, -0.05) is 11.6 Å². The largest absolute Gasteiger partial charge is 0.462 e. The summed E-state index contributed by atoms with van der Waals surface area (Å²) in [5, 5.41) is 9.00. The molecule has 0 saturated heterocycles. The summed E-state index contributed by atoms with van der Waals surface area (Å²) in [7, 11) is 0. The van der Waals surface area contributed by atoms with E-state index >= 15 is 0 Å². The maximum atomic E-state index is 12.4. The number of nitrogens with zero attached hydrogens (tertiary/aromatic N) is 5. The number of aryl methyl sites for hydroxylation is 5. The number of anilines is 2. The molecule has 0 bridgehead atoms. The smallest absolute Gasteiger partial charge is 0.343 e. The third kappa shape index (κ3) is 4.03. The van der Waals surface area contributed by atoms with Gasteiger partial charge >= 0.3 is 5.97 Å². The van der Waals surface area contributed by atoms with Crippen molar-refractivity contribution in [3.05, 3.63) is 64.2 Å². The number of esters is 1. The molecule has 0 saturated carbocycles. The number of rotatable bonds is 5. The Balaban J connectivity index is 1.82. The highest BCUT2D eigenvalue weighted by Crippen LogP contribution is 2.27. The van der Waals surface area contributed by atoms with Gasteiger partial charge in [0.1, 0.15) is 23.0 Å². The SMILES string of the molecule is CCOC(=O)c1cnc(C)nc1Nc1cc(C)nn1-c1cc(C)c2cc(C)cc(C)c2n1. The van der Waals surface area contributed by atoms with Gasteiger partial charge in [0.15, 0.2) is 5.82 Å². The Bertz CT molecular complexity index is 1340. The lowest BCUT2D eigenvalue weighted by Gasteiger charge is -2.14. The van der Waals surface area contributed by atoms with E-state index in [1.807, 2.05) is 19.1 Å². The van der Waals surface area contributed by atoms with Crippen LogP contribution in [0.4, 0.5) is 11.6 Å². The predicted octanol–water partition coefficient (Wildman–Crippen LogP) is 4.67. The average molecular weight is 431 g/mol. The van der Waals surface area contributed by atoms with E-state index in [9.17, 15) is 4.79 Å². The molecule has 1 aromatic carbocycles. The number of benzene rings is 1. The summed E-state index contributed by atoms with van der Waals surface area (Å²) in [5.74, 6) is 1.74. The number of hydrogen-bond donors (Lipinski definition) is 1. The van der Waals surface area contributed by atoms with Crippen LogP contribution in [0.15, 0.2) is 30.5 Å². The summed E-state index contributed by atoms with van der Waals surface area (Å²) >= 11 is 0. The van der Waals surface area contributed by atoms with Crippen LogP contribution in [0.5, 0.6) is 0 Å². The molecule has 8 nitrogen and oxygen atoms in total. The molecule has 8 heteroatoms. The second-order valence-corrected chi connectivity index (χ2v) is 7.88. The van der Waals surface area contributed by atoms with E-state index in [1.54, 1.807) is 18.5 Å². The fourth-order valence-corrected chi connectivity index (χ4v) is 3.74. The number of nitrogens with one attached hydrogen (secondary N) is 1. The van der Waals surface area contributed by atoms with Crippen LogP contribution in [0.25, 0.3) is 16.7 Å². The average Bonchev–Trinajstić information content (AvgIpc) is 3.09.